The van der Waals surface area contributed by atoms with E-state index in [1.165, 1.54) is 18.0 Å². The van der Waals surface area contributed by atoms with Gasteiger partial charge in [-0.2, -0.15) is 0 Å². The van der Waals surface area contributed by atoms with Crippen LogP contribution in [-0.4, -0.2) is 38.8 Å². The van der Waals surface area contributed by atoms with Crippen LogP contribution >= 0.6 is 11.8 Å². The maximum absolute atomic E-state index is 11.9. The van der Waals surface area contributed by atoms with E-state index in [1.807, 2.05) is 12.3 Å². The number of nitrogens with two attached hydrogens (primary N) is 1. The number of nitrogens with one attached hydrogen (secondary N) is 1. The van der Waals surface area contributed by atoms with Crippen LogP contribution in [0.25, 0.3) is 0 Å². The summed E-state index contributed by atoms with van der Waals surface area (Å²) in [6.45, 7) is 2.05. The third kappa shape index (κ3) is 7.20. The molecule has 8 nitrogen and oxygen atoms in total. The van der Waals surface area contributed by atoms with Crippen molar-refractivity contribution in [2.45, 2.75) is 19.5 Å². The molecule has 3 rings (SSSR count). The van der Waals surface area contributed by atoms with E-state index in [0.29, 0.717) is 28.8 Å². The molecule has 0 aromatic carbocycles. The highest BCUT2D eigenvalue weighted by Crippen LogP contribution is 2.21. The van der Waals surface area contributed by atoms with Gasteiger partial charge in [0.1, 0.15) is 11.4 Å². The molecule has 3 aromatic rings. The van der Waals surface area contributed by atoms with E-state index < -0.39 is 5.97 Å². The molecule has 0 aliphatic heterocycles. The summed E-state index contributed by atoms with van der Waals surface area (Å²) < 4.78 is 5.00. The summed E-state index contributed by atoms with van der Waals surface area (Å²) in [5.74, 6) is -0.0395. The van der Waals surface area contributed by atoms with Gasteiger partial charge in [0.2, 0.25) is 0 Å². The van der Waals surface area contributed by atoms with Gasteiger partial charge >= 0.3 is 5.97 Å². The zero-order valence-electron chi connectivity index (χ0n) is 15.0. The van der Waals surface area contributed by atoms with Gasteiger partial charge in [-0.3, -0.25) is 9.97 Å². The lowest BCUT2D eigenvalue weighted by Gasteiger charge is -2.10. The van der Waals surface area contributed by atoms with Crippen molar-refractivity contribution in [2.75, 3.05) is 23.9 Å². The number of anilines is 3. The zero-order valence-corrected chi connectivity index (χ0v) is 15.8. The number of hydrogen-bond donors (Lipinski definition) is 2. The number of esters is 1. The monoisotopic (exact) mass is 400 g/mol. The number of aromatic nitrogens is 4. The number of carbonyl (C=O) groups is 1. The highest BCUT2D eigenvalue weighted by atomic mass is 32.2. The van der Waals surface area contributed by atoms with E-state index in [4.69, 9.17) is 10.5 Å². The van der Waals surface area contributed by atoms with E-state index in [1.54, 1.807) is 49.9 Å². The van der Waals surface area contributed by atoms with Gasteiger partial charge in [-0.15, -0.1) is 0 Å². The fourth-order valence-electron chi connectivity index (χ4n) is 1.87. The molecule has 0 saturated carbocycles. The molecule has 148 valence electrons. The molecule has 0 spiro atoms. The molecule has 0 bridgehead atoms. The van der Waals surface area contributed by atoms with Crippen molar-refractivity contribution in [3.63, 3.8) is 0 Å². The highest BCUT2D eigenvalue weighted by molar-refractivity contribution is 7.98. The van der Waals surface area contributed by atoms with Crippen LogP contribution in [0.5, 0.6) is 0 Å². The lowest BCUT2D eigenvalue weighted by atomic mass is 10.3. The summed E-state index contributed by atoms with van der Waals surface area (Å²) in [4.78, 5) is 28.1. The van der Waals surface area contributed by atoms with E-state index in [9.17, 15) is 4.79 Å². The minimum atomic E-state index is -0.452. The van der Waals surface area contributed by atoms with Crippen molar-refractivity contribution in [1.82, 2.24) is 19.9 Å². The summed E-state index contributed by atoms with van der Waals surface area (Å²) in [6, 6.07) is 7.23. The Balaban J connectivity index is 0.000000414. The number of nitrogens with zero attached hydrogens (tertiary/aromatic N) is 4. The number of rotatable bonds is 5. The van der Waals surface area contributed by atoms with Crippen molar-refractivity contribution < 1.29 is 9.53 Å². The largest absolute Gasteiger partial charge is 0.462 e. The van der Waals surface area contributed by atoms with E-state index in [0.717, 1.165) is 5.69 Å². The molecule has 0 unspecified atom stereocenters. The van der Waals surface area contributed by atoms with Crippen molar-refractivity contribution in [1.29, 1.82) is 0 Å². The second-order valence-electron chi connectivity index (χ2n) is 4.99. The molecule has 3 heterocycles. The van der Waals surface area contributed by atoms with Crippen molar-refractivity contribution >= 4 is 34.9 Å². The first-order valence-corrected chi connectivity index (χ1v) is 9.27. The predicted molar refractivity (Wildman–Crippen MR) is 113 cm³/mol. The van der Waals surface area contributed by atoms with Crippen LogP contribution in [0, 0.1) is 0 Å². The average molecular weight is 401 g/mol. The average Bonchev–Trinajstić information content (AvgIpc) is 2.70. The molecule has 0 atom stereocenters. The molecule has 0 fully saturated rings. The molecule has 0 radical (unpaired) electrons. The second-order valence-corrected chi connectivity index (χ2v) is 5.77. The SMILES string of the molecule is C.CCOC(=O)c1cnc(SC)nc1Nc1cccnc1.Nc1cccnc1. The van der Waals surface area contributed by atoms with Crippen LogP contribution < -0.4 is 11.1 Å². The summed E-state index contributed by atoms with van der Waals surface area (Å²) in [5, 5.41) is 3.63. The first-order valence-electron chi connectivity index (χ1n) is 8.04. The molecule has 28 heavy (non-hydrogen) atoms. The summed E-state index contributed by atoms with van der Waals surface area (Å²) in [5.41, 5.74) is 7.05. The number of thioether (sulfide) groups is 1. The molecule has 3 N–H and O–H groups in total. The maximum Gasteiger partial charge on any atom is 0.343 e. The molecule has 3 aromatic heterocycles. The van der Waals surface area contributed by atoms with Crippen LogP contribution in [-0.2, 0) is 4.74 Å². The molecule has 0 amide bonds. The second kappa shape index (κ2) is 12.2. The number of carbonyl (C=O) groups excluding carboxylic acids is 1. The fraction of sp³-hybridized carbons (Fsp3) is 0.211. The van der Waals surface area contributed by atoms with Crippen LogP contribution in [0.4, 0.5) is 17.2 Å². The lowest BCUT2D eigenvalue weighted by molar-refractivity contribution is 0.0526. The Morgan fingerprint density at radius 3 is 2.39 bits per heavy atom. The minimum absolute atomic E-state index is 0. The van der Waals surface area contributed by atoms with E-state index in [2.05, 4.69) is 25.3 Å². The Morgan fingerprint density at radius 2 is 1.89 bits per heavy atom. The normalized spacial score (nSPS) is 9.36. The number of hydrogen-bond acceptors (Lipinski definition) is 9. The van der Waals surface area contributed by atoms with Gasteiger partial charge in [0, 0.05) is 24.8 Å². The van der Waals surface area contributed by atoms with Gasteiger partial charge in [-0.1, -0.05) is 19.2 Å². The van der Waals surface area contributed by atoms with Gasteiger partial charge in [-0.25, -0.2) is 14.8 Å². The van der Waals surface area contributed by atoms with Crippen molar-refractivity contribution in [3.05, 3.63) is 60.8 Å². The maximum atomic E-state index is 11.9. The Labute approximate surface area is 169 Å². The lowest BCUT2D eigenvalue weighted by Crippen LogP contribution is -2.10. The van der Waals surface area contributed by atoms with E-state index >= 15 is 0 Å². The standard InChI is InChI=1S/C13H14N4O2S.C5H6N2.CH4/c1-3-19-12(18)10-8-15-13(20-2)17-11(10)16-9-5-4-6-14-7-9;6-5-2-1-3-7-4-5;/h4-8H,3H2,1-2H3,(H,15,16,17);1-4H,6H2;1H4. The third-order valence-electron chi connectivity index (χ3n) is 3.05. The molecular weight excluding hydrogens is 376 g/mol. The minimum Gasteiger partial charge on any atom is -0.462 e. The van der Waals surface area contributed by atoms with Crippen molar-refractivity contribution in [2.24, 2.45) is 0 Å². The summed E-state index contributed by atoms with van der Waals surface area (Å²) in [6.07, 6.45) is 9.96. The summed E-state index contributed by atoms with van der Waals surface area (Å²) in [7, 11) is 0. The number of ether oxygens (including phenoxy) is 1. The first kappa shape index (κ1) is 22.8. The van der Waals surface area contributed by atoms with Gasteiger partial charge in [0.05, 0.1) is 24.2 Å². The summed E-state index contributed by atoms with van der Waals surface area (Å²) >= 11 is 1.40. The third-order valence-corrected chi connectivity index (χ3v) is 3.62. The first-order chi connectivity index (χ1) is 13.1. The Bertz CT molecular complexity index is 850. The molecule has 0 aliphatic carbocycles. The number of nitrogen functional groups attached to an aromatic ring is 1. The van der Waals surface area contributed by atoms with Crippen LogP contribution in [0.1, 0.15) is 24.7 Å². The van der Waals surface area contributed by atoms with Gasteiger partial charge in [0.25, 0.3) is 0 Å². The Morgan fingerprint density at radius 1 is 1.18 bits per heavy atom. The molecule has 0 saturated heterocycles. The van der Waals surface area contributed by atoms with Crippen LogP contribution in [0.2, 0.25) is 0 Å². The van der Waals surface area contributed by atoms with Gasteiger partial charge in [-0.05, 0) is 37.4 Å². The Hall–Kier alpha value is -3.20. The van der Waals surface area contributed by atoms with E-state index in [-0.39, 0.29) is 7.43 Å². The van der Waals surface area contributed by atoms with Crippen LogP contribution in [0.3, 0.4) is 0 Å². The Kier molecular flexibility index (Phi) is 9.98. The predicted octanol–water partition coefficient (Wildman–Crippen LogP) is 3.81. The van der Waals surface area contributed by atoms with Gasteiger partial charge in [0.15, 0.2) is 5.16 Å². The fourth-order valence-corrected chi connectivity index (χ4v) is 2.21. The van der Waals surface area contributed by atoms with Gasteiger partial charge < -0.3 is 15.8 Å². The number of pyridine rings is 2. The smallest absolute Gasteiger partial charge is 0.343 e. The molecular formula is C19H24N6O2S. The topological polar surface area (TPSA) is 116 Å². The van der Waals surface area contributed by atoms with Crippen molar-refractivity contribution in [3.8, 4) is 0 Å². The quantitative estimate of drug-likeness (QED) is 0.374. The zero-order chi connectivity index (χ0) is 19.5. The van der Waals surface area contributed by atoms with Crippen LogP contribution in [0.15, 0.2) is 60.4 Å². The highest BCUT2D eigenvalue weighted by Gasteiger charge is 2.16. The molecule has 0 aliphatic rings. The molecule has 9 heteroatoms.